The number of halogens is 3. The molecule has 10 heteroatoms. The number of hydrogen-bond acceptors (Lipinski definition) is 5. The van der Waals surface area contributed by atoms with Crippen LogP contribution >= 0.6 is 0 Å². The molecule has 2 N–H and O–H groups in total. The fraction of sp³-hybridized carbons (Fsp3) is 0.0909. The number of rotatable bonds is 5. The van der Waals surface area contributed by atoms with Gasteiger partial charge < -0.3 is 5.32 Å². The highest BCUT2D eigenvalue weighted by molar-refractivity contribution is 7.92. The third-order valence-electron chi connectivity index (χ3n) is 4.55. The van der Waals surface area contributed by atoms with Crippen molar-refractivity contribution in [1.82, 2.24) is 9.97 Å². The summed E-state index contributed by atoms with van der Waals surface area (Å²) in [7, 11) is -4.02. The van der Waals surface area contributed by atoms with Gasteiger partial charge in [-0.25, -0.2) is 18.4 Å². The molecule has 0 aliphatic heterocycles. The molecular weight excluding hydrogens is 441 g/mol. The minimum Gasteiger partial charge on any atom is -0.337 e. The van der Waals surface area contributed by atoms with Crippen molar-refractivity contribution in [2.45, 2.75) is 18.0 Å². The molecule has 0 atom stereocenters. The van der Waals surface area contributed by atoms with Crippen LogP contribution in [0.5, 0.6) is 0 Å². The molecule has 0 amide bonds. The number of benzene rings is 3. The van der Waals surface area contributed by atoms with Gasteiger partial charge in [-0.3, -0.25) is 4.72 Å². The Balaban J connectivity index is 1.78. The number of aryl methyl sites for hydroxylation is 1. The van der Waals surface area contributed by atoms with Crippen LogP contribution in [0.2, 0.25) is 0 Å². The SMILES string of the molecule is Cc1cccc(S(=O)(=O)Nc2nc3ccccc3nc2Nc2cccc(C(F)(F)F)c2)c1. The minimum absolute atomic E-state index is 0.0254. The topological polar surface area (TPSA) is 84.0 Å². The lowest BCUT2D eigenvalue weighted by molar-refractivity contribution is -0.137. The summed E-state index contributed by atoms with van der Waals surface area (Å²) in [5.74, 6) is -0.165. The molecule has 0 saturated carbocycles. The van der Waals surface area contributed by atoms with Gasteiger partial charge in [0, 0.05) is 5.69 Å². The summed E-state index contributed by atoms with van der Waals surface area (Å²) in [4.78, 5) is 8.74. The molecule has 6 nitrogen and oxygen atoms in total. The van der Waals surface area contributed by atoms with Crippen LogP contribution in [0.4, 0.5) is 30.5 Å². The smallest absolute Gasteiger partial charge is 0.337 e. The second-order valence-electron chi connectivity index (χ2n) is 7.04. The normalized spacial score (nSPS) is 12.0. The van der Waals surface area contributed by atoms with E-state index < -0.39 is 21.8 Å². The number of hydrogen-bond donors (Lipinski definition) is 2. The summed E-state index contributed by atoms with van der Waals surface area (Å²) < 4.78 is 67.5. The molecular formula is C22H17F3N4O2S. The average molecular weight is 458 g/mol. The molecule has 164 valence electrons. The van der Waals surface area contributed by atoms with Crippen molar-refractivity contribution in [1.29, 1.82) is 0 Å². The van der Waals surface area contributed by atoms with Crippen LogP contribution in [0.3, 0.4) is 0 Å². The van der Waals surface area contributed by atoms with Crippen LogP contribution in [-0.4, -0.2) is 18.4 Å². The number of aromatic nitrogens is 2. The van der Waals surface area contributed by atoms with Crippen LogP contribution in [0, 0.1) is 6.92 Å². The maximum atomic E-state index is 13.1. The zero-order valence-corrected chi connectivity index (χ0v) is 17.5. The maximum absolute atomic E-state index is 13.1. The van der Waals surface area contributed by atoms with Crippen molar-refractivity contribution in [3.05, 3.63) is 83.9 Å². The highest BCUT2D eigenvalue weighted by Crippen LogP contribution is 2.32. The van der Waals surface area contributed by atoms with Crippen molar-refractivity contribution >= 4 is 38.4 Å². The van der Waals surface area contributed by atoms with Crippen LogP contribution in [-0.2, 0) is 16.2 Å². The largest absolute Gasteiger partial charge is 0.416 e. The van der Waals surface area contributed by atoms with E-state index in [1.54, 1.807) is 43.3 Å². The third-order valence-corrected chi connectivity index (χ3v) is 5.89. The van der Waals surface area contributed by atoms with E-state index in [1.165, 1.54) is 24.3 Å². The lowest BCUT2D eigenvalue weighted by atomic mass is 10.2. The quantitative estimate of drug-likeness (QED) is 0.413. The molecule has 0 fully saturated rings. The van der Waals surface area contributed by atoms with Gasteiger partial charge in [-0.15, -0.1) is 0 Å². The van der Waals surface area contributed by atoms with Gasteiger partial charge in [0.25, 0.3) is 10.0 Å². The number of nitrogens with one attached hydrogen (secondary N) is 2. The van der Waals surface area contributed by atoms with E-state index in [9.17, 15) is 21.6 Å². The van der Waals surface area contributed by atoms with Gasteiger partial charge in [-0.2, -0.15) is 13.2 Å². The van der Waals surface area contributed by atoms with E-state index >= 15 is 0 Å². The van der Waals surface area contributed by atoms with Crippen LogP contribution < -0.4 is 10.0 Å². The van der Waals surface area contributed by atoms with Crippen molar-refractivity contribution < 1.29 is 21.6 Å². The number of sulfonamides is 1. The first-order valence-electron chi connectivity index (χ1n) is 9.42. The second-order valence-corrected chi connectivity index (χ2v) is 8.72. The first kappa shape index (κ1) is 21.6. The van der Waals surface area contributed by atoms with E-state index in [0.717, 1.165) is 17.7 Å². The summed E-state index contributed by atoms with van der Waals surface area (Å²) in [5.41, 5.74) is 0.850. The summed E-state index contributed by atoms with van der Waals surface area (Å²) in [6, 6.07) is 17.6. The lowest BCUT2D eigenvalue weighted by Crippen LogP contribution is -2.16. The molecule has 0 aliphatic carbocycles. The maximum Gasteiger partial charge on any atom is 0.416 e. The van der Waals surface area contributed by atoms with E-state index in [4.69, 9.17) is 0 Å². The molecule has 3 aromatic carbocycles. The summed E-state index contributed by atoms with van der Waals surface area (Å²) in [6.07, 6.45) is -4.53. The molecule has 0 saturated heterocycles. The monoisotopic (exact) mass is 458 g/mol. The summed E-state index contributed by atoms with van der Waals surface area (Å²) in [5, 5.41) is 2.76. The minimum atomic E-state index is -4.53. The van der Waals surface area contributed by atoms with Crippen LogP contribution in [0.15, 0.2) is 77.7 Å². The van der Waals surface area contributed by atoms with Crippen molar-refractivity contribution in [2.75, 3.05) is 10.0 Å². The zero-order valence-electron chi connectivity index (χ0n) is 16.7. The molecule has 0 bridgehead atoms. The Morgan fingerprint density at radius 2 is 1.47 bits per heavy atom. The lowest BCUT2D eigenvalue weighted by Gasteiger charge is -2.15. The molecule has 0 aliphatic rings. The fourth-order valence-electron chi connectivity index (χ4n) is 3.04. The standard InChI is InChI=1S/C22H17F3N4O2S/c1-14-6-4-9-17(12-14)32(30,31)29-21-20(27-18-10-2-3-11-19(18)28-21)26-16-8-5-7-15(13-16)22(23,24)25/h2-13H,1H3,(H,26,27)(H,28,29). The van der Waals surface area contributed by atoms with Crippen LogP contribution in [0.25, 0.3) is 11.0 Å². The Kier molecular flexibility index (Phi) is 5.47. The number of fused-ring (bicyclic) bond motifs is 1. The Hall–Kier alpha value is -3.66. The van der Waals surface area contributed by atoms with Gasteiger partial charge in [0.05, 0.1) is 21.5 Å². The fourth-order valence-corrected chi connectivity index (χ4v) is 4.15. The van der Waals surface area contributed by atoms with Crippen molar-refractivity contribution in [2.24, 2.45) is 0 Å². The Labute approximate surface area is 182 Å². The number of alkyl halides is 3. The number of anilines is 3. The molecule has 0 spiro atoms. The molecule has 1 aromatic heterocycles. The molecule has 0 radical (unpaired) electrons. The van der Waals surface area contributed by atoms with Gasteiger partial charge in [-0.1, -0.05) is 30.3 Å². The first-order valence-corrected chi connectivity index (χ1v) is 10.9. The third kappa shape index (κ3) is 4.65. The zero-order chi connectivity index (χ0) is 22.9. The molecule has 4 aromatic rings. The van der Waals surface area contributed by atoms with Crippen molar-refractivity contribution in [3.63, 3.8) is 0 Å². The van der Waals surface area contributed by atoms with Crippen LogP contribution in [0.1, 0.15) is 11.1 Å². The average Bonchev–Trinajstić information content (AvgIpc) is 2.73. The van der Waals surface area contributed by atoms with Gasteiger partial charge in [0.15, 0.2) is 11.6 Å². The molecule has 4 rings (SSSR count). The van der Waals surface area contributed by atoms with E-state index in [-0.39, 0.29) is 22.2 Å². The van der Waals surface area contributed by atoms with Gasteiger partial charge in [-0.05, 0) is 55.0 Å². The van der Waals surface area contributed by atoms with E-state index in [2.05, 4.69) is 20.0 Å². The Morgan fingerprint density at radius 3 is 2.12 bits per heavy atom. The predicted octanol–water partition coefficient (Wildman–Crippen LogP) is 5.50. The van der Waals surface area contributed by atoms with Gasteiger partial charge >= 0.3 is 6.18 Å². The van der Waals surface area contributed by atoms with Crippen molar-refractivity contribution in [3.8, 4) is 0 Å². The summed E-state index contributed by atoms with van der Waals surface area (Å²) >= 11 is 0. The Bertz CT molecular complexity index is 1410. The highest BCUT2D eigenvalue weighted by atomic mass is 32.2. The van der Waals surface area contributed by atoms with E-state index in [1.807, 2.05) is 0 Å². The predicted molar refractivity (Wildman–Crippen MR) is 116 cm³/mol. The second kappa shape index (κ2) is 8.12. The first-order chi connectivity index (χ1) is 15.1. The Morgan fingerprint density at radius 1 is 0.812 bits per heavy atom. The van der Waals surface area contributed by atoms with E-state index in [0.29, 0.717) is 11.0 Å². The highest BCUT2D eigenvalue weighted by Gasteiger charge is 2.30. The van der Waals surface area contributed by atoms with Gasteiger partial charge in [0.1, 0.15) is 0 Å². The van der Waals surface area contributed by atoms with Gasteiger partial charge in [0.2, 0.25) is 0 Å². The number of nitrogens with zero attached hydrogens (tertiary/aromatic N) is 2. The molecule has 0 unspecified atom stereocenters. The summed E-state index contributed by atoms with van der Waals surface area (Å²) in [6.45, 7) is 1.76. The molecule has 32 heavy (non-hydrogen) atoms. The molecule has 1 heterocycles. The number of para-hydroxylation sites is 2.